The van der Waals surface area contributed by atoms with Gasteiger partial charge in [0.1, 0.15) is 0 Å². The zero-order chi connectivity index (χ0) is 12.7. The normalized spacial score (nSPS) is 12.2. The van der Waals surface area contributed by atoms with Gasteiger partial charge in [0.25, 0.3) is 0 Å². The molecule has 1 aromatic carbocycles. The molecule has 0 fully saturated rings. The third-order valence-corrected chi connectivity index (χ3v) is 3.68. The number of nitrogens with one attached hydrogen (secondary N) is 1. The lowest BCUT2D eigenvalue weighted by Gasteiger charge is -2.12. The first-order valence-electron chi connectivity index (χ1n) is 5.37. The standard InChI is InChI=1S/C12H18N2OS2/c1-16-7-6-11(13)12(15)14-9-4-3-5-10(8-9)17-2/h3-5,8,11H,6-7,13H2,1-2H3,(H,14,15)/t11-/m0/s1. The van der Waals surface area contributed by atoms with Crippen LogP contribution in [0.5, 0.6) is 0 Å². The van der Waals surface area contributed by atoms with Gasteiger partial charge in [-0.15, -0.1) is 11.8 Å². The smallest absolute Gasteiger partial charge is 0.241 e. The molecule has 0 aliphatic heterocycles. The summed E-state index contributed by atoms with van der Waals surface area (Å²) in [7, 11) is 0. The molecule has 0 radical (unpaired) electrons. The number of nitrogens with two attached hydrogens (primary N) is 1. The lowest BCUT2D eigenvalue weighted by atomic mass is 10.2. The number of hydrogen-bond donors (Lipinski definition) is 2. The molecular formula is C12H18N2OS2. The number of carbonyl (C=O) groups is 1. The second-order valence-corrected chi connectivity index (χ2v) is 5.47. The monoisotopic (exact) mass is 270 g/mol. The van der Waals surface area contributed by atoms with Gasteiger partial charge < -0.3 is 11.1 Å². The summed E-state index contributed by atoms with van der Waals surface area (Å²) in [5, 5.41) is 2.84. The van der Waals surface area contributed by atoms with E-state index in [0.29, 0.717) is 6.42 Å². The van der Waals surface area contributed by atoms with Crippen LogP contribution in [-0.2, 0) is 4.79 Å². The molecule has 3 nitrogen and oxygen atoms in total. The summed E-state index contributed by atoms with van der Waals surface area (Å²) >= 11 is 3.34. The van der Waals surface area contributed by atoms with Crippen LogP contribution >= 0.6 is 23.5 Å². The molecule has 0 spiro atoms. The molecular weight excluding hydrogens is 252 g/mol. The molecule has 17 heavy (non-hydrogen) atoms. The van der Waals surface area contributed by atoms with E-state index in [9.17, 15) is 4.79 Å². The fraction of sp³-hybridized carbons (Fsp3) is 0.417. The van der Waals surface area contributed by atoms with E-state index in [1.807, 2.05) is 36.8 Å². The third kappa shape index (κ3) is 5.02. The predicted molar refractivity (Wildman–Crippen MR) is 77.8 cm³/mol. The van der Waals surface area contributed by atoms with E-state index in [1.54, 1.807) is 23.5 Å². The molecule has 0 bridgehead atoms. The zero-order valence-corrected chi connectivity index (χ0v) is 11.7. The summed E-state index contributed by atoms with van der Waals surface area (Å²) in [5.41, 5.74) is 6.60. The molecule has 0 aliphatic carbocycles. The van der Waals surface area contributed by atoms with Gasteiger partial charge in [-0.05, 0) is 42.9 Å². The quantitative estimate of drug-likeness (QED) is 0.780. The number of anilines is 1. The van der Waals surface area contributed by atoms with Crippen molar-refractivity contribution in [2.75, 3.05) is 23.6 Å². The zero-order valence-electron chi connectivity index (χ0n) is 10.1. The summed E-state index contributed by atoms with van der Waals surface area (Å²) < 4.78 is 0. The van der Waals surface area contributed by atoms with Crippen LogP contribution in [0.4, 0.5) is 5.69 Å². The van der Waals surface area contributed by atoms with Crippen molar-refractivity contribution < 1.29 is 4.79 Å². The Morgan fingerprint density at radius 2 is 2.24 bits per heavy atom. The van der Waals surface area contributed by atoms with Crippen molar-refractivity contribution in [3.05, 3.63) is 24.3 Å². The van der Waals surface area contributed by atoms with Gasteiger partial charge in [-0.2, -0.15) is 11.8 Å². The summed E-state index contributed by atoms with van der Waals surface area (Å²) in [5.74, 6) is 0.789. The SMILES string of the molecule is CSCC[C@H](N)C(=O)Nc1cccc(SC)c1. The lowest BCUT2D eigenvalue weighted by molar-refractivity contribution is -0.117. The number of hydrogen-bond acceptors (Lipinski definition) is 4. The molecule has 0 saturated heterocycles. The van der Waals surface area contributed by atoms with Gasteiger partial charge in [-0.25, -0.2) is 0 Å². The molecule has 0 saturated carbocycles. The molecule has 0 aromatic heterocycles. The minimum Gasteiger partial charge on any atom is -0.325 e. The fourth-order valence-electron chi connectivity index (χ4n) is 1.31. The Balaban J connectivity index is 2.54. The highest BCUT2D eigenvalue weighted by atomic mass is 32.2. The van der Waals surface area contributed by atoms with Crippen molar-refractivity contribution in [1.82, 2.24) is 0 Å². The van der Waals surface area contributed by atoms with Gasteiger partial charge in [0, 0.05) is 10.6 Å². The van der Waals surface area contributed by atoms with Crippen LogP contribution in [0.3, 0.4) is 0 Å². The highest BCUT2D eigenvalue weighted by molar-refractivity contribution is 7.98. The minimum absolute atomic E-state index is 0.114. The maximum Gasteiger partial charge on any atom is 0.241 e. The molecule has 3 N–H and O–H groups in total. The van der Waals surface area contributed by atoms with Gasteiger partial charge in [0.15, 0.2) is 0 Å². The topological polar surface area (TPSA) is 55.1 Å². The van der Waals surface area contributed by atoms with Crippen LogP contribution in [0.2, 0.25) is 0 Å². The number of rotatable bonds is 6. The van der Waals surface area contributed by atoms with Crippen LogP contribution in [0, 0.1) is 0 Å². The van der Waals surface area contributed by atoms with Crippen LogP contribution < -0.4 is 11.1 Å². The Labute approximate surface area is 111 Å². The minimum atomic E-state index is -0.430. The van der Waals surface area contributed by atoms with Gasteiger partial charge >= 0.3 is 0 Å². The lowest BCUT2D eigenvalue weighted by Crippen LogP contribution is -2.36. The summed E-state index contributed by atoms with van der Waals surface area (Å²) in [4.78, 5) is 12.9. The third-order valence-electron chi connectivity index (χ3n) is 2.31. The van der Waals surface area contributed by atoms with Crippen molar-refractivity contribution in [3.63, 3.8) is 0 Å². The fourth-order valence-corrected chi connectivity index (χ4v) is 2.26. The van der Waals surface area contributed by atoms with Crippen molar-refractivity contribution in [1.29, 1.82) is 0 Å². The van der Waals surface area contributed by atoms with Gasteiger partial charge in [0.05, 0.1) is 6.04 Å². The molecule has 1 amide bonds. The van der Waals surface area contributed by atoms with Crippen molar-refractivity contribution in [3.8, 4) is 0 Å². The average Bonchev–Trinajstić information content (AvgIpc) is 2.36. The number of amides is 1. The van der Waals surface area contributed by atoms with E-state index in [4.69, 9.17) is 5.73 Å². The second-order valence-electron chi connectivity index (χ2n) is 3.61. The van der Waals surface area contributed by atoms with Crippen LogP contribution in [0.25, 0.3) is 0 Å². The molecule has 0 aliphatic rings. The van der Waals surface area contributed by atoms with E-state index in [1.165, 1.54) is 0 Å². The van der Waals surface area contributed by atoms with Gasteiger partial charge in [-0.3, -0.25) is 4.79 Å². The van der Waals surface area contributed by atoms with E-state index in [0.717, 1.165) is 16.3 Å². The Kier molecular flexibility index (Phi) is 6.47. The number of benzene rings is 1. The van der Waals surface area contributed by atoms with E-state index in [-0.39, 0.29) is 5.91 Å². The molecule has 1 atom stereocenters. The molecule has 1 rings (SSSR count). The second kappa shape index (κ2) is 7.63. The highest BCUT2D eigenvalue weighted by Gasteiger charge is 2.12. The largest absolute Gasteiger partial charge is 0.325 e. The summed E-state index contributed by atoms with van der Waals surface area (Å²) in [6.07, 6.45) is 4.72. The number of carbonyl (C=O) groups excluding carboxylic acids is 1. The summed E-state index contributed by atoms with van der Waals surface area (Å²) in [6, 6.07) is 7.33. The van der Waals surface area contributed by atoms with Crippen molar-refractivity contribution >= 4 is 35.1 Å². The molecule has 0 unspecified atom stereocenters. The van der Waals surface area contributed by atoms with Crippen LogP contribution in [-0.4, -0.2) is 30.2 Å². The Morgan fingerprint density at radius 3 is 2.88 bits per heavy atom. The highest BCUT2D eigenvalue weighted by Crippen LogP contribution is 2.19. The first-order valence-corrected chi connectivity index (χ1v) is 7.98. The summed E-state index contributed by atoms with van der Waals surface area (Å²) in [6.45, 7) is 0. The Bertz CT molecular complexity index is 371. The first kappa shape index (κ1) is 14.4. The van der Waals surface area contributed by atoms with Gasteiger partial charge in [-0.1, -0.05) is 6.07 Å². The maximum atomic E-state index is 11.8. The van der Waals surface area contributed by atoms with Crippen molar-refractivity contribution in [2.24, 2.45) is 5.73 Å². The van der Waals surface area contributed by atoms with E-state index >= 15 is 0 Å². The Morgan fingerprint density at radius 1 is 1.47 bits per heavy atom. The van der Waals surface area contributed by atoms with E-state index in [2.05, 4.69) is 5.32 Å². The first-order chi connectivity index (χ1) is 8.17. The molecule has 5 heteroatoms. The number of thioether (sulfide) groups is 2. The molecule has 0 heterocycles. The Hall–Kier alpha value is -0.650. The average molecular weight is 270 g/mol. The van der Waals surface area contributed by atoms with E-state index < -0.39 is 6.04 Å². The molecule has 1 aromatic rings. The van der Waals surface area contributed by atoms with Gasteiger partial charge in [0.2, 0.25) is 5.91 Å². The predicted octanol–water partition coefficient (Wildman–Crippen LogP) is 2.43. The van der Waals surface area contributed by atoms with Crippen molar-refractivity contribution in [2.45, 2.75) is 17.4 Å². The molecule has 94 valence electrons. The van der Waals surface area contributed by atoms with Crippen LogP contribution in [0.15, 0.2) is 29.2 Å². The maximum absolute atomic E-state index is 11.8. The van der Waals surface area contributed by atoms with Crippen LogP contribution in [0.1, 0.15) is 6.42 Å².